The Hall–Kier alpha value is -3.94. The predicted octanol–water partition coefficient (Wildman–Crippen LogP) is 4.89. The third kappa shape index (κ3) is 5.14. The van der Waals surface area contributed by atoms with Crippen LogP contribution in [0.25, 0.3) is 10.9 Å². The quantitative estimate of drug-likeness (QED) is 0.373. The Labute approximate surface area is 217 Å². The molecule has 5 rings (SSSR count). The van der Waals surface area contributed by atoms with Crippen molar-refractivity contribution in [1.29, 1.82) is 0 Å². The molecule has 1 amide bonds. The first-order valence-electron chi connectivity index (χ1n) is 12.5. The lowest BCUT2D eigenvalue weighted by molar-refractivity contribution is 0.0664. The average Bonchev–Trinajstić information content (AvgIpc) is 3.22. The summed E-state index contributed by atoms with van der Waals surface area (Å²) in [6.07, 6.45) is 0. The highest BCUT2D eigenvalue weighted by atomic mass is 16.5. The van der Waals surface area contributed by atoms with Crippen molar-refractivity contribution in [3.05, 3.63) is 94.5 Å². The first-order chi connectivity index (χ1) is 17.9. The maximum Gasteiger partial charge on any atom is 0.253 e. The van der Waals surface area contributed by atoms with Gasteiger partial charge < -0.3 is 24.6 Å². The highest BCUT2D eigenvalue weighted by Crippen LogP contribution is 2.33. The zero-order valence-electron chi connectivity index (χ0n) is 21.5. The summed E-state index contributed by atoms with van der Waals surface area (Å²) >= 11 is 0. The van der Waals surface area contributed by atoms with Crippen molar-refractivity contribution in [2.24, 2.45) is 4.99 Å². The van der Waals surface area contributed by atoms with E-state index in [1.54, 1.807) is 7.11 Å². The average molecular weight is 497 g/mol. The second kappa shape index (κ2) is 10.6. The van der Waals surface area contributed by atoms with Gasteiger partial charge in [-0.05, 0) is 61.5 Å². The van der Waals surface area contributed by atoms with Crippen LogP contribution < -0.4 is 0 Å². The van der Waals surface area contributed by atoms with Crippen LogP contribution in [0.4, 0.5) is 5.69 Å². The number of aryl methyl sites for hydroxylation is 1. The van der Waals surface area contributed by atoms with Gasteiger partial charge in [0.2, 0.25) is 0 Å². The van der Waals surface area contributed by atoms with Gasteiger partial charge in [-0.1, -0.05) is 30.3 Å². The molecule has 190 valence electrons. The number of rotatable bonds is 6. The Balaban J connectivity index is 1.54. The molecule has 2 heterocycles. The van der Waals surface area contributed by atoms with Crippen molar-refractivity contribution in [2.45, 2.75) is 13.5 Å². The maximum absolute atomic E-state index is 13.0. The minimum atomic E-state index is 0.0449. The van der Waals surface area contributed by atoms with E-state index in [-0.39, 0.29) is 11.8 Å². The van der Waals surface area contributed by atoms with Gasteiger partial charge in [0.05, 0.1) is 23.6 Å². The molecule has 37 heavy (non-hydrogen) atoms. The number of aromatic nitrogens is 1. The van der Waals surface area contributed by atoms with Crippen LogP contribution in [0.1, 0.15) is 32.6 Å². The molecule has 2 N–H and O–H groups in total. The van der Waals surface area contributed by atoms with E-state index in [4.69, 9.17) is 9.73 Å². The van der Waals surface area contributed by atoms with Crippen molar-refractivity contribution < 1.29 is 14.6 Å². The second-order valence-electron chi connectivity index (χ2n) is 9.57. The van der Waals surface area contributed by atoms with Gasteiger partial charge >= 0.3 is 0 Å². The largest absolute Gasteiger partial charge is 0.494 e. The van der Waals surface area contributed by atoms with E-state index in [9.17, 15) is 9.90 Å². The van der Waals surface area contributed by atoms with E-state index < -0.39 is 0 Å². The molecular weight excluding hydrogens is 464 g/mol. The fourth-order valence-corrected chi connectivity index (χ4v) is 4.79. The molecule has 1 aromatic heterocycles. The first kappa shape index (κ1) is 24.7. The number of fused-ring (bicyclic) bond motifs is 1. The Morgan fingerprint density at radius 3 is 2.38 bits per heavy atom. The molecular formula is C30H32N4O3. The summed E-state index contributed by atoms with van der Waals surface area (Å²) in [5, 5.41) is 11.9. The second-order valence-corrected chi connectivity index (χ2v) is 9.57. The van der Waals surface area contributed by atoms with Gasteiger partial charge in [0.1, 0.15) is 0 Å². The van der Waals surface area contributed by atoms with Gasteiger partial charge in [0.15, 0.2) is 5.88 Å². The van der Waals surface area contributed by atoms with Gasteiger partial charge in [-0.25, -0.2) is 4.99 Å². The van der Waals surface area contributed by atoms with Crippen molar-refractivity contribution in [1.82, 2.24) is 14.8 Å². The number of carbonyl (C=O) groups excluding carboxylic acids is 1. The molecule has 0 unspecified atom stereocenters. The van der Waals surface area contributed by atoms with E-state index in [1.165, 1.54) is 0 Å². The number of piperazine rings is 1. The molecule has 1 fully saturated rings. The Bertz CT molecular complexity index is 1430. The minimum absolute atomic E-state index is 0.0449. The summed E-state index contributed by atoms with van der Waals surface area (Å²) in [6.45, 7) is 5.77. The lowest BCUT2D eigenvalue weighted by Gasteiger charge is -2.32. The zero-order valence-corrected chi connectivity index (χ0v) is 21.5. The third-order valence-corrected chi connectivity index (χ3v) is 6.96. The Kier molecular flexibility index (Phi) is 7.08. The number of aliphatic imine (C=N–C) groups is 1. The van der Waals surface area contributed by atoms with Gasteiger partial charge in [0.25, 0.3) is 5.91 Å². The van der Waals surface area contributed by atoms with Crippen LogP contribution in [0, 0.1) is 6.92 Å². The molecule has 0 saturated carbocycles. The summed E-state index contributed by atoms with van der Waals surface area (Å²) in [5.41, 5.74) is 6.50. The van der Waals surface area contributed by atoms with Crippen LogP contribution in [0.15, 0.2) is 71.7 Å². The van der Waals surface area contributed by atoms with E-state index >= 15 is 0 Å². The number of aromatic amines is 1. The molecule has 7 heteroatoms. The van der Waals surface area contributed by atoms with Gasteiger partial charge in [-0.15, -0.1) is 0 Å². The van der Waals surface area contributed by atoms with Crippen molar-refractivity contribution in [3.63, 3.8) is 0 Å². The molecule has 7 nitrogen and oxygen atoms in total. The lowest BCUT2D eigenvalue weighted by Crippen LogP contribution is -2.47. The minimum Gasteiger partial charge on any atom is -0.494 e. The molecule has 1 saturated heterocycles. The number of carbonyl (C=O) groups is 1. The number of hydrogen-bond donors (Lipinski definition) is 2. The van der Waals surface area contributed by atoms with Gasteiger partial charge in [0, 0.05) is 55.3 Å². The normalized spacial score (nSPS) is 14.9. The highest BCUT2D eigenvalue weighted by Gasteiger charge is 2.22. The van der Waals surface area contributed by atoms with Gasteiger partial charge in [-0.3, -0.25) is 4.79 Å². The number of amides is 1. The molecule has 1 aliphatic rings. The number of nitrogens with one attached hydrogen (secondary N) is 1. The molecule has 0 spiro atoms. The molecule has 0 atom stereocenters. The fraction of sp³-hybridized carbons (Fsp3) is 0.267. The van der Waals surface area contributed by atoms with Crippen molar-refractivity contribution in [3.8, 4) is 5.88 Å². The van der Waals surface area contributed by atoms with Crippen LogP contribution in [0.2, 0.25) is 0 Å². The summed E-state index contributed by atoms with van der Waals surface area (Å²) in [6, 6.07) is 21.3. The number of likely N-dealkylation sites (N-methyl/N-ethyl adjacent to an activating group) is 1. The first-order valence-corrected chi connectivity index (χ1v) is 12.5. The van der Waals surface area contributed by atoms with E-state index in [0.29, 0.717) is 29.1 Å². The number of benzene rings is 3. The van der Waals surface area contributed by atoms with Crippen LogP contribution in [0.3, 0.4) is 0 Å². The van der Waals surface area contributed by atoms with Crippen LogP contribution in [-0.4, -0.2) is 71.8 Å². The number of aromatic hydroxyl groups is 1. The van der Waals surface area contributed by atoms with Crippen molar-refractivity contribution in [2.75, 3.05) is 40.3 Å². The molecule has 3 aromatic carbocycles. The number of nitrogens with zero attached hydrogens (tertiary/aromatic N) is 3. The van der Waals surface area contributed by atoms with Crippen LogP contribution in [0.5, 0.6) is 5.88 Å². The SMILES string of the molecule is COCc1cc2[nH]c(O)c(C(=Nc3ccc(C(=O)N4CCN(C)CC4)cc3)c3ccccc3)c2cc1C. The summed E-state index contributed by atoms with van der Waals surface area (Å²) < 4.78 is 5.33. The van der Waals surface area contributed by atoms with E-state index in [0.717, 1.165) is 53.8 Å². The number of H-pyrrole nitrogens is 1. The van der Waals surface area contributed by atoms with Crippen LogP contribution >= 0.6 is 0 Å². The highest BCUT2D eigenvalue weighted by molar-refractivity contribution is 6.22. The topological polar surface area (TPSA) is 81.2 Å². The zero-order chi connectivity index (χ0) is 25.9. The van der Waals surface area contributed by atoms with Gasteiger partial charge in [-0.2, -0.15) is 0 Å². The third-order valence-electron chi connectivity index (χ3n) is 6.96. The monoisotopic (exact) mass is 496 g/mol. The molecule has 0 radical (unpaired) electrons. The lowest BCUT2D eigenvalue weighted by atomic mass is 9.98. The number of methoxy groups -OCH3 is 1. The molecule has 0 aliphatic carbocycles. The number of hydrogen-bond acceptors (Lipinski definition) is 5. The maximum atomic E-state index is 13.0. The summed E-state index contributed by atoms with van der Waals surface area (Å²) in [5.74, 6) is 0.108. The molecule has 0 bridgehead atoms. The molecule has 1 aliphatic heterocycles. The Morgan fingerprint density at radius 2 is 1.70 bits per heavy atom. The number of ether oxygens (including phenoxy) is 1. The van der Waals surface area contributed by atoms with Crippen LogP contribution in [-0.2, 0) is 11.3 Å². The predicted molar refractivity (Wildman–Crippen MR) is 147 cm³/mol. The smallest absolute Gasteiger partial charge is 0.253 e. The Morgan fingerprint density at radius 1 is 1.00 bits per heavy atom. The summed E-state index contributed by atoms with van der Waals surface area (Å²) in [4.78, 5) is 25.2. The summed E-state index contributed by atoms with van der Waals surface area (Å²) in [7, 11) is 3.75. The fourth-order valence-electron chi connectivity index (χ4n) is 4.79. The molecule has 4 aromatic rings. The van der Waals surface area contributed by atoms with E-state index in [2.05, 4.69) is 23.0 Å². The van der Waals surface area contributed by atoms with E-state index in [1.807, 2.05) is 72.5 Å². The van der Waals surface area contributed by atoms with Crippen molar-refractivity contribution >= 4 is 28.2 Å². The standard InChI is InChI=1S/C30H32N4O3/c1-20-17-25-26(18-23(20)19-37-3)32-29(35)27(25)28(21-7-5-4-6-8-21)31-24-11-9-22(10-12-24)30(36)34-15-13-33(2)14-16-34/h4-12,17-18,32,35H,13-16,19H2,1-3H3.